The molecular weight excluding hydrogens is 675 g/mol. The van der Waals surface area contributed by atoms with E-state index < -0.39 is 12.2 Å². The molecule has 0 saturated carbocycles. The van der Waals surface area contributed by atoms with Crippen molar-refractivity contribution in [3.63, 3.8) is 0 Å². The molecule has 2 aliphatic rings. The highest BCUT2D eigenvalue weighted by Gasteiger charge is 2.39. The predicted octanol–water partition coefficient (Wildman–Crippen LogP) is 6.71. The van der Waals surface area contributed by atoms with Crippen molar-refractivity contribution in [2.45, 2.75) is 84.5 Å². The Morgan fingerprint density at radius 1 is 0.849 bits per heavy atom. The topological polar surface area (TPSA) is 140 Å². The quantitative estimate of drug-likeness (QED) is 0.148. The summed E-state index contributed by atoms with van der Waals surface area (Å²) in [6, 6.07) is 12.4. The second-order valence-corrected chi connectivity index (χ2v) is 14.2. The molecule has 4 aromatic rings. The highest BCUT2D eigenvalue weighted by Crippen LogP contribution is 2.36. The van der Waals surface area contributed by atoms with Gasteiger partial charge in [0, 0.05) is 25.7 Å². The van der Waals surface area contributed by atoms with Crippen molar-refractivity contribution in [1.29, 1.82) is 0 Å². The zero-order chi connectivity index (χ0) is 37.8. The van der Waals surface area contributed by atoms with Gasteiger partial charge in [-0.2, -0.15) is 0 Å². The van der Waals surface area contributed by atoms with Crippen LogP contribution in [0.25, 0.3) is 33.6 Å². The van der Waals surface area contributed by atoms with Crippen LogP contribution in [0, 0.1) is 11.7 Å². The third kappa shape index (κ3) is 7.85. The van der Waals surface area contributed by atoms with E-state index in [0.717, 1.165) is 61.2 Å². The lowest BCUT2D eigenvalue weighted by molar-refractivity contribution is -0.143. The molecule has 0 radical (unpaired) electrons. The van der Waals surface area contributed by atoms with Gasteiger partial charge < -0.3 is 29.8 Å². The minimum atomic E-state index is -0.889. The summed E-state index contributed by atoms with van der Waals surface area (Å²) >= 11 is 0. The average molecular weight is 727 g/mol. The molecule has 2 aromatic heterocycles. The number of carbonyl (C=O) groups is 3. The van der Waals surface area contributed by atoms with E-state index in [1.54, 1.807) is 23.4 Å². The van der Waals surface area contributed by atoms with E-state index in [0.29, 0.717) is 36.0 Å². The van der Waals surface area contributed by atoms with Crippen molar-refractivity contribution < 1.29 is 23.5 Å². The Balaban J connectivity index is 1.13. The molecule has 0 unspecified atom stereocenters. The molecule has 4 heterocycles. The number of carbonyl (C=O) groups excluding carboxylic acids is 3. The normalized spacial score (nSPS) is 18.5. The molecule has 53 heavy (non-hydrogen) atoms. The number of halogens is 1. The molecule has 2 fully saturated rings. The summed E-state index contributed by atoms with van der Waals surface area (Å²) in [5.74, 6) is 0.673. The summed E-state index contributed by atoms with van der Waals surface area (Å²) < 4.78 is 21.1. The summed E-state index contributed by atoms with van der Waals surface area (Å²) in [5, 5.41) is 2.42. The Kier molecular flexibility index (Phi) is 11.6. The Morgan fingerprint density at radius 2 is 1.40 bits per heavy atom. The number of rotatable bonds is 12. The van der Waals surface area contributed by atoms with Crippen LogP contribution in [0.4, 0.5) is 9.18 Å². The molecule has 6 rings (SSSR count). The molecule has 2 saturated heterocycles. The maximum Gasteiger partial charge on any atom is 0.407 e. The van der Waals surface area contributed by atoms with E-state index in [1.807, 2.05) is 56.0 Å². The van der Waals surface area contributed by atoms with Gasteiger partial charge >= 0.3 is 6.09 Å². The summed E-state index contributed by atoms with van der Waals surface area (Å²) in [6.07, 6.45) is 5.16. The van der Waals surface area contributed by atoms with Crippen LogP contribution < -0.4 is 5.32 Å². The number of nitrogens with zero attached hydrogens (tertiary/aromatic N) is 5. The number of likely N-dealkylation sites (tertiary alicyclic amines) is 2. The van der Waals surface area contributed by atoms with Crippen molar-refractivity contribution in [2.75, 3.05) is 33.2 Å². The molecule has 3 N–H and O–H groups in total. The first-order valence-electron chi connectivity index (χ1n) is 18.8. The van der Waals surface area contributed by atoms with Gasteiger partial charge in [0.15, 0.2) is 6.10 Å². The number of aromatic nitrogens is 4. The van der Waals surface area contributed by atoms with Gasteiger partial charge in [-0.15, -0.1) is 0 Å². The number of ether oxygens (including phenoxy) is 1. The molecule has 0 bridgehead atoms. The Labute approximate surface area is 310 Å². The Hall–Kier alpha value is -5.04. The van der Waals surface area contributed by atoms with Crippen LogP contribution >= 0.6 is 0 Å². The lowest BCUT2D eigenvalue weighted by Gasteiger charge is -2.31. The van der Waals surface area contributed by atoms with Crippen LogP contribution in [0.15, 0.2) is 54.9 Å². The fourth-order valence-electron chi connectivity index (χ4n) is 7.66. The maximum absolute atomic E-state index is 15.7. The third-order valence-electron chi connectivity index (χ3n) is 10.7. The molecule has 13 heteroatoms. The number of amides is 3. The number of alkyl carbamates (subject to hydrolysis) is 1. The van der Waals surface area contributed by atoms with Crippen LogP contribution in [0.5, 0.6) is 0 Å². The van der Waals surface area contributed by atoms with E-state index in [2.05, 4.69) is 44.0 Å². The number of imidazole rings is 2. The third-order valence-corrected chi connectivity index (χ3v) is 10.7. The maximum atomic E-state index is 15.7. The second kappa shape index (κ2) is 16.3. The number of aromatic amines is 2. The fraction of sp³-hybridized carbons (Fsp3) is 0.475. The monoisotopic (exact) mass is 726 g/mol. The number of likely N-dealkylation sites (N-methyl/N-ethyl adjacent to an activating group) is 1. The molecule has 2 aromatic carbocycles. The lowest BCUT2D eigenvalue weighted by atomic mass is 10.0. The number of benzene rings is 2. The number of nitrogens with one attached hydrogen (secondary N) is 3. The van der Waals surface area contributed by atoms with Crippen LogP contribution in [0.3, 0.4) is 0 Å². The van der Waals surface area contributed by atoms with E-state index in [4.69, 9.17) is 4.74 Å². The van der Waals surface area contributed by atoms with Gasteiger partial charge in [-0.1, -0.05) is 58.0 Å². The summed E-state index contributed by atoms with van der Waals surface area (Å²) in [5.41, 5.74) is 4.29. The average Bonchev–Trinajstić information content (AvgIpc) is 4.00. The van der Waals surface area contributed by atoms with Gasteiger partial charge in [0.1, 0.15) is 17.5 Å². The van der Waals surface area contributed by atoms with Crippen molar-refractivity contribution in [3.8, 4) is 33.6 Å². The van der Waals surface area contributed by atoms with Gasteiger partial charge in [0.05, 0.1) is 41.9 Å². The van der Waals surface area contributed by atoms with E-state index in [9.17, 15) is 14.4 Å². The van der Waals surface area contributed by atoms with Gasteiger partial charge in [-0.3, -0.25) is 14.5 Å². The first-order valence-corrected chi connectivity index (χ1v) is 18.8. The molecule has 4 atom stereocenters. The Morgan fingerprint density at radius 3 is 1.96 bits per heavy atom. The number of hydrogen-bond donors (Lipinski definition) is 3. The highest BCUT2D eigenvalue weighted by molar-refractivity contribution is 5.84. The van der Waals surface area contributed by atoms with Crippen molar-refractivity contribution in [1.82, 2.24) is 40.0 Å². The van der Waals surface area contributed by atoms with Crippen molar-refractivity contribution >= 4 is 17.9 Å². The van der Waals surface area contributed by atoms with Crippen molar-refractivity contribution in [3.05, 3.63) is 72.3 Å². The summed E-state index contributed by atoms with van der Waals surface area (Å²) in [7, 11) is 1.47. The van der Waals surface area contributed by atoms with Crippen molar-refractivity contribution in [2.24, 2.45) is 5.92 Å². The largest absolute Gasteiger partial charge is 0.436 e. The predicted molar refractivity (Wildman–Crippen MR) is 201 cm³/mol. The highest BCUT2D eigenvalue weighted by atomic mass is 19.1. The van der Waals surface area contributed by atoms with E-state index in [1.165, 1.54) is 13.1 Å². The van der Waals surface area contributed by atoms with Gasteiger partial charge in [0.25, 0.3) is 5.91 Å². The number of hydrogen-bond acceptors (Lipinski definition) is 7. The van der Waals surface area contributed by atoms with E-state index in [-0.39, 0.29) is 41.7 Å². The van der Waals surface area contributed by atoms with Gasteiger partial charge in [0.2, 0.25) is 5.91 Å². The number of H-pyrrole nitrogens is 2. The minimum absolute atomic E-state index is 0.0990. The molecular formula is C40H51FN8O4. The molecule has 0 spiro atoms. The summed E-state index contributed by atoms with van der Waals surface area (Å²) in [6.45, 7) is 12.7. The standard InChI is InChI=1S/C40H51FN8O4/c1-7-47(8-2)25(5)38(50)48-19-9-11-33(48)37-44-23-32(46-37)29-18-17-28(21-30(29)41)26-13-15-27(16-14-26)31-22-43-36(45-31)34-12-10-20-49(34)39(51)35(24(3)4)53-40(52)42-6/h13-18,21-25,33-35H,7-12,19-20H2,1-6H3,(H,42,52)(H,43,45)(H,44,46)/t25-,33+,34+,35+/m1/s1. The smallest absolute Gasteiger partial charge is 0.407 e. The first-order chi connectivity index (χ1) is 25.5. The molecule has 0 aliphatic carbocycles. The molecule has 282 valence electrons. The first kappa shape index (κ1) is 37.7. The van der Waals surface area contributed by atoms with Crippen LogP contribution in [0.1, 0.15) is 84.0 Å². The molecule has 2 aliphatic heterocycles. The second-order valence-electron chi connectivity index (χ2n) is 14.2. The SMILES string of the molecule is CCN(CC)[C@H](C)C(=O)N1CCC[C@H]1c1ncc(-c2ccc(-c3ccc(-c4cnc([C@@H]5CCCN5C(=O)[C@@H](OC(=O)NC)C(C)C)[nH]4)cc3)cc2F)[nH]1. The summed E-state index contributed by atoms with van der Waals surface area (Å²) in [4.78, 5) is 60.6. The van der Waals surface area contributed by atoms with E-state index >= 15 is 4.39 Å². The Bertz CT molecular complexity index is 1900. The van der Waals surface area contributed by atoms with Crippen LogP contribution in [0.2, 0.25) is 0 Å². The molecule has 12 nitrogen and oxygen atoms in total. The lowest BCUT2D eigenvalue weighted by Crippen LogP contribution is -2.46. The zero-order valence-electron chi connectivity index (χ0n) is 31.5. The zero-order valence-corrected chi connectivity index (χ0v) is 31.5. The van der Waals surface area contributed by atoms with Crippen LogP contribution in [-0.2, 0) is 14.3 Å². The molecule has 3 amide bonds. The van der Waals surface area contributed by atoms with Gasteiger partial charge in [-0.05, 0) is 80.4 Å². The van der Waals surface area contributed by atoms with Crippen LogP contribution in [-0.4, -0.2) is 97.9 Å². The van der Waals surface area contributed by atoms with Gasteiger partial charge in [-0.25, -0.2) is 19.2 Å². The minimum Gasteiger partial charge on any atom is -0.436 e. The fourth-order valence-corrected chi connectivity index (χ4v) is 7.66.